The number of aromatic amines is 1. The maximum absolute atomic E-state index is 4.26. The standard InChI is InChI=1S/C16H23N3/c1-12-6-5-7-13(10-12)15(16(2,3)4)19-11-14-17-8-9-18-14/h5-10,15,19H,11H2,1-4H3,(H,17,18)/t15-/m0/s1. The minimum Gasteiger partial charge on any atom is -0.348 e. The molecule has 0 saturated carbocycles. The molecular weight excluding hydrogens is 234 g/mol. The molecular formula is C16H23N3. The fourth-order valence-electron chi connectivity index (χ4n) is 2.37. The zero-order valence-electron chi connectivity index (χ0n) is 12.2. The Labute approximate surface area is 115 Å². The lowest BCUT2D eigenvalue weighted by atomic mass is 9.82. The molecule has 0 saturated heterocycles. The molecule has 0 bridgehead atoms. The van der Waals surface area contributed by atoms with Crippen LogP contribution in [0.3, 0.4) is 0 Å². The molecule has 0 spiro atoms. The van der Waals surface area contributed by atoms with Crippen molar-refractivity contribution in [2.75, 3.05) is 0 Å². The van der Waals surface area contributed by atoms with Crippen LogP contribution < -0.4 is 5.32 Å². The van der Waals surface area contributed by atoms with Crippen molar-refractivity contribution in [2.45, 2.75) is 40.3 Å². The van der Waals surface area contributed by atoms with Crippen LogP contribution >= 0.6 is 0 Å². The molecule has 0 aliphatic rings. The number of hydrogen-bond acceptors (Lipinski definition) is 2. The second kappa shape index (κ2) is 5.57. The monoisotopic (exact) mass is 257 g/mol. The highest BCUT2D eigenvalue weighted by atomic mass is 15.0. The molecule has 0 amide bonds. The van der Waals surface area contributed by atoms with Gasteiger partial charge in [0.25, 0.3) is 0 Å². The van der Waals surface area contributed by atoms with Gasteiger partial charge in [0, 0.05) is 18.4 Å². The summed E-state index contributed by atoms with van der Waals surface area (Å²) >= 11 is 0. The van der Waals surface area contributed by atoms with Crippen LogP contribution in [0.5, 0.6) is 0 Å². The molecule has 102 valence electrons. The van der Waals surface area contributed by atoms with Crippen molar-refractivity contribution in [2.24, 2.45) is 5.41 Å². The van der Waals surface area contributed by atoms with Crippen molar-refractivity contribution in [3.63, 3.8) is 0 Å². The summed E-state index contributed by atoms with van der Waals surface area (Å²) in [4.78, 5) is 7.40. The molecule has 1 aromatic carbocycles. The molecule has 0 aliphatic heterocycles. The zero-order valence-corrected chi connectivity index (χ0v) is 12.2. The first-order chi connectivity index (χ1) is 8.97. The molecule has 2 aromatic rings. The third-order valence-corrected chi connectivity index (χ3v) is 3.27. The van der Waals surface area contributed by atoms with Crippen LogP contribution in [0.2, 0.25) is 0 Å². The average Bonchev–Trinajstić information content (AvgIpc) is 2.80. The van der Waals surface area contributed by atoms with E-state index in [1.165, 1.54) is 11.1 Å². The highest BCUT2D eigenvalue weighted by Crippen LogP contribution is 2.33. The third-order valence-electron chi connectivity index (χ3n) is 3.27. The fourth-order valence-corrected chi connectivity index (χ4v) is 2.37. The van der Waals surface area contributed by atoms with E-state index in [0.29, 0.717) is 6.04 Å². The number of hydrogen-bond donors (Lipinski definition) is 2. The fraction of sp³-hybridized carbons (Fsp3) is 0.438. The van der Waals surface area contributed by atoms with Crippen LogP contribution in [0.4, 0.5) is 0 Å². The van der Waals surface area contributed by atoms with Crippen molar-refractivity contribution >= 4 is 0 Å². The van der Waals surface area contributed by atoms with Crippen molar-refractivity contribution < 1.29 is 0 Å². The molecule has 2 rings (SSSR count). The van der Waals surface area contributed by atoms with Crippen molar-refractivity contribution in [1.82, 2.24) is 15.3 Å². The van der Waals surface area contributed by atoms with E-state index in [2.05, 4.69) is 67.2 Å². The third kappa shape index (κ3) is 3.67. The Hall–Kier alpha value is -1.61. The lowest BCUT2D eigenvalue weighted by Crippen LogP contribution is -2.32. The van der Waals surface area contributed by atoms with Crippen LogP contribution in [0.15, 0.2) is 36.7 Å². The quantitative estimate of drug-likeness (QED) is 0.878. The number of nitrogens with one attached hydrogen (secondary N) is 2. The van der Waals surface area contributed by atoms with E-state index < -0.39 is 0 Å². The SMILES string of the molecule is Cc1cccc([C@H](NCc2ncc[nH]2)C(C)(C)C)c1. The smallest absolute Gasteiger partial charge is 0.120 e. The summed E-state index contributed by atoms with van der Waals surface area (Å²) in [5.41, 5.74) is 2.78. The summed E-state index contributed by atoms with van der Waals surface area (Å²) in [7, 11) is 0. The highest BCUT2D eigenvalue weighted by Gasteiger charge is 2.25. The second-order valence-corrected chi connectivity index (χ2v) is 6.13. The number of aromatic nitrogens is 2. The summed E-state index contributed by atoms with van der Waals surface area (Å²) in [6, 6.07) is 9.01. The van der Waals surface area contributed by atoms with E-state index in [0.717, 1.165) is 12.4 Å². The minimum atomic E-state index is 0.153. The van der Waals surface area contributed by atoms with Gasteiger partial charge in [-0.05, 0) is 17.9 Å². The van der Waals surface area contributed by atoms with E-state index in [9.17, 15) is 0 Å². The predicted molar refractivity (Wildman–Crippen MR) is 78.8 cm³/mol. The maximum Gasteiger partial charge on any atom is 0.120 e. The van der Waals surface area contributed by atoms with Gasteiger partial charge >= 0.3 is 0 Å². The first-order valence-corrected chi connectivity index (χ1v) is 6.75. The second-order valence-electron chi connectivity index (χ2n) is 6.13. The van der Waals surface area contributed by atoms with E-state index >= 15 is 0 Å². The number of nitrogens with zero attached hydrogens (tertiary/aromatic N) is 1. The van der Waals surface area contributed by atoms with Crippen molar-refractivity contribution in [1.29, 1.82) is 0 Å². The Balaban J connectivity index is 2.17. The molecule has 1 atom stereocenters. The van der Waals surface area contributed by atoms with Crippen molar-refractivity contribution in [3.05, 3.63) is 53.6 Å². The number of benzene rings is 1. The van der Waals surface area contributed by atoms with Crippen LogP contribution in [0, 0.1) is 12.3 Å². The van der Waals surface area contributed by atoms with Crippen molar-refractivity contribution in [3.8, 4) is 0 Å². The molecule has 3 heteroatoms. The topological polar surface area (TPSA) is 40.7 Å². The molecule has 3 nitrogen and oxygen atoms in total. The average molecular weight is 257 g/mol. The van der Waals surface area contributed by atoms with Gasteiger partial charge in [0.15, 0.2) is 0 Å². The van der Waals surface area contributed by atoms with Gasteiger partial charge < -0.3 is 10.3 Å². The number of rotatable bonds is 4. The van der Waals surface area contributed by atoms with E-state index in [4.69, 9.17) is 0 Å². The van der Waals surface area contributed by atoms with Crippen LogP contribution in [-0.4, -0.2) is 9.97 Å². The number of H-pyrrole nitrogens is 1. The van der Waals surface area contributed by atoms with Crippen LogP contribution in [0.1, 0.15) is 43.8 Å². The van der Waals surface area contributed by atoms with Gasteiger partial charge in [0.2, 0.25) is 0 Å². The molecule has 0 aliphatic carbocycles. The lowest BCUT2D eigenvalue weighted by molar-refractivity contribution is 0.269. The zero-order chi connectivity index (χ0) is 13.9. The van der Waals surface area contributed by atoms with Gasteiger partial charge in [-0.25, -0.2) is 4.98 Å². The Morgan fingerprint density at radius 1 is 1.32 bits per heavy atom. The molecule has 1 aromatic heterocycles. The molecule has 0 fully saturated rings. The summed E-state index contributed by atoms with van der Waals surface area (Å²) in [5.74, 6) is 0.974. The molecule has 19 heavy (non-hydrogen) atoms. The molecule has 2 N–H and O–H groups in total. The van der Waals surface area contributed by atoms with Gasteiger partial charge in [0.1, 0.15) is 5.82 Å². The van der Waals surface area contributed by atoms with Gasteiger partial charge in [-0.15, -0.1) is 0 Å². The Kier molecular flexibility index (Phi) is 4.05. The molecule has 0 radical (unpaired) electrons. The van der Waals surface area contributed by atoms with Crippen LogP contribution in [-0.2, 0) is 6.54 Å². The van der Waals surface area contributed by atoms with Crippen LogP contribution in [0.25, 0.3) is 0 Å². The normalized spacial score (nSPS) is 13.5. The van der Waals surface area contributed by atoms with Gasteiger partial charge in [-0.2, -0.15) is 0 Å². The molecule has 1 heterocycles. The Morgan fingerprint density at radius 2 is 2.11 bits per heavy atom. The Morgan fingerprint density at radius 3 is 2.68 bits per heavy atom. The van der Waals surface area contributed by atoms with E-state index in [1.54, 1.807) is 6.20 Å². The first kappa shape index (κ1) is 13.8. The minimum absolute atomic E-state index is 0.153. The number of aryl methyl sites for hydroxylation is 1. The summed E-state index contributed by atoms with van der Waals surface area (Å²) < 4.78 is 0. The van der Waals surface area contributed by atoms with E-state index in [-0.39, 0.29) is 5.41 Å². The van der Waals surface area contributed by atoms with Gasteiger partial charge in [-0.3, -0.25) is 0 Å². The Bertz CT molecular complexity index is 509. The lowest BCUT2D eigenvalue weighted by Gasteiger charge is -2.32. The predicted octanol–water partition coefficient (Wildman–Crippen LogP) is 3.60. The number of imidazole rings is 1. The summed E-state index contributed by atoms with van der Waals surface area (Å²) in [6.07, 6.45) is 3.64. The summed E-state index contributed by atoms with van der Waals surface area (Å²) in [6.45, 7) is 9.66. The maximum atomic E-state index is 4.26. The molecule has 0 unspecified atom stereocenters. The summed E-state index contributed by atoms with van der Waals surface area (Å²) in [5, 5.41) is 3.61. The van der Waals surface area contributed by atoms with E-state index in [1.807, 2.05) is 6.20 Å². The largest absolute Gasteiger partial charge is 0.348 e. The van der Waals surface area contributed by atoms with Gasteiger partial charge in [-0.1, -0.05) is 50.6 Å². The first-order valence-electron chi connectivity index (χ1n) is 6.75. The highest BCUT2D eigenvalue weighted by molar-refractivity contribution is 5.26. The van der Waals surface area contributed by atoms with Gasteiger partial charge in [0.05, 0.1) is 6.54 Å².